The average Bonchev–Trinajstić information content (AvgIpc) is 2.33. The first kappa shape index (κ1) is 9.22. The first-order chi connectivity index (χ1) is 6.04. The molecule has 0 spiro atoms. The van der Waals surface area contributed by atoms with E-state index in [-0.39, 0.29) is 0 Å². The molecule has 2 fully saturated rings. The molecule has 2 rings (SSSR count). The molecule has 1 saturated carbocycles. The van der Waals surface area contributed by atoms with E-state index in [1.807, 2.05) is 0 Å². The van der Waals surface area contributed by atoms with Crippen molar-refractivity contribution in [2.45, 2.75) is 25.4 Å². The molecule has 0 bridgehead atoms. The van der Waals surface area contributed by atoms with Gasteiger partial charge in [-0.25, -0.2) is 0 Å². The minimum absolute atomic E-state index is 0.416. The summed E-state index contributed by atoms with van der Waals surface area (Å²) in [5, 5.41) is 10.4. The van der Waals surface area contributed by atoms with Gasteiger partial charge in [-0.05, 0) is 31.4 Å². The van der Waals surface area contributed by atoms with E-state index in [0.29, 0.717) is 11.8 Å². The molecule has 0 aromatic carbocycles. The zero-order valence-electron chi connectivity index (χ0n) is 8.58. The molecule has 3 atom stereocenters. The largest absolute Gasteiger partial charge is 0.385 e. The van der Waals surface area contributed by atoms with E-state index in [4.69, 9.17) is 0 Å². The van der Waals surface area contributed by atoms with Crippen molar-refractivity contribution in [3.05, 3.63) is 12.2 Å². The second kappa shape index (κ2) is 2.82. The van der Waals surface area contributed by atoms with Crippen molar-refractivity contribution in [2.24, 2.45) is 11.8 Å². The van der Waals surface area contributed by atoms with Crippen LogP contribution in [0.5, 0.6) is 0 Å². The molecule has 0 amide bonds. The van der Waals surface area contributed by atoms with Gasteiger partial charge in [0.15, 0.2) is 0 Å². The number of likely N-dealkylation sites (tertiary alicyclic amines) is 1. The Morgan fingerprint density at radius 2 is 2.31 bits per heavy atom. The van der Waals surface area contributed by atoms with Crippen LogP contribution < -0.4 is 0 Å². The minimum Gasteiger partial charge on any atom is -0.385 e. The van der Waals surface area contributed by atoms with Crippen LogP contribution in [0.3, 0.4) is 0 Å². The lowest BCUT2D eigenvalue weighted by Gasteiger charge is -2.42. The third kappa shape index (κ3) is 1.24. The summed E-state index contributed by atoms with van der Waals surface area (Å²) in [4.78, 5) is 2.27. The molecule has 13 heavy (non-hydrogen) atoms. The fourth-order valence-electron chi connectivity index (χ4n) is 2.94. The predicted octanol–water partition coefficient (Wildman–Crippen LogP) is 1.27. The first-order valence-corrected chi connectivity index (χ1v) is 5.13. The summed E-state index contributed by atoms with van der Waals surface area (Å²) in [5.74, 6) is 1.06. The van der Waals surface area contributed by atoms with Gasteiger partial charge in [0.25, 0.3) is 0 Å². The second-order valence-corrected chi connectivity index (χ2v) is 4.85. The highest BCUT2D eigenvalue weighted by Crippen LogP contribution is 2.46. The lowest BCUT2D eigenvalue weighted by atomic mass is 9.78. The van der Waals surface area contributed by atoms with Crippen LogP contribution in [-0.4, -0.2) is 35.7 Å². The maximum atomic E-state index is 10.4. The molecule has 2 aliphatic rings. The van der Waals surface area contributed by atoms with Gasteiger partial charge in [-0.1, -0.05) is 13.5 Å². The van der Waals surface area contributed by atoms with Crippen molar-refractivity contribution < 1.29 is 5.11 Å². The molecule has 74 valence electrons. The van der Waals surface area contributed by atoms with Crippen LogP contribution in [0.4, 0.5) is 0 Å². The monoisotopic (exact) mass is 181 g/mol. The van der Waals surface area contributed by atoms with Gasteiger partial charge in [0.2, 0.25) is 0 Å². The zero-order chi connectivity index (χ0) is 9.64. The van der Waals surface area contributed by atoms with Gasteiger partial charge >= 0.3 is 0 Å². The summed E-state index contributed by atoms with van der Waals surface area (Å²) in [6.45, 7) is 8.15. The van der Waals surface area contributed by atoms with Crippen LogP contribution in [0.1, 0.15) is 19.8 Å². The van der Waals surface area contributed by atoms with Crippen molar-refractivity contribution in [1.29, 1.82) is 0 Å². The molecule has 2 nitrogen and oxygen atoms in total. The number of piperidine rings is 1. The number of rotatable bonds is 0. The summed E-state index contributed by atoms with van der Waals surface area (Å²) < 4.78 is 0. The maximum Gasteiger partial charge on any atom is 0.0909 e. The molecule has 2 heteroatoms. The highest BCUT2D eigenvalue weighted by Gasteiger charge is 2.49. The van der Waals surface area contributed by atoms with Crippen LogP contribution in [0.15, 0.2) is 12.2 Å². The van der Waals surface area contributed by atoms with Gasteiger partial charge in [0.05, 0.1) is 5.60 Å². The van der Waals surface area contributed by atoms with Crippen molar-refractivity contribution in [1.82, 2.24) is 4.90 Å². The first-order valence-electron chi connectivity index (χ1n) is 5.13. The molecule has 1 heterocycles. The molecule has 1 aliphatic carbocycles. The number of hydrogen-bond donors (Lipinski definition) is 1. The van der Waals surface area contributed by atoms with Gasteiger partial charge in [-0.15, -0.1) is 0 Å². The third-order valence-electron chi connectivity index (χ3n) is 3.86. The van der Waals surface area contributed by atoms with Gasteiger partial charge in [0.1, 0.15) is 0 Å². The Hall–Kier alpha value is -0.340. The van der Waals surface area contributed by atoms with E-state index in [1.165, 1.54) is 0 Å². The Morgan fingerprint density at radius 1 is 1.62 bits per heavy atom. The normalized spacial score (nSPS) is 46.5. The predicted molar refractivity (Wildman–Crippen MR) is 53.5 cm³/mol. The number of fused-ring (bicyclic) bond motifs is 1. The Labute approximate surface area is 80.2 Å². The fraction of sp³-hybridized carbons (Fsp3) is 0.818. The van der Waals surface area contributed by atoms with Crippen molar-refractivity contribution in [3.8, 4) is 0 Å². The molecule has 0 aromatic rings. The lowest BCUT2D eigenvalue weighted by molar-refractivity contribution is -0.0101. The average molecular weight is 181 g/mol. The number of hydrogen-bond acceptors (Lipinski definition) is 2. The Morgan fingerprint density at radius 3 is 3.00 bits per heavy atom. The van der Waals surface area contributed by atoms with E-state index in [0.717, 1.165) is 31.5 Å². The molecule has 1 aliphatic heterocycles. The van der Waals surface area contributed by atoms with Gasteiger partial charge in [-0.2, -0.15) is 0 Å². The fourth-order valence-corrected chi connectivity index (χ4v) is 2.94. The van der Waals surface area contributed by atoms with Gasteiger partial charge in [-0.3, -0.25) is 0 Å². The topological polar surface area (TPSA) is 23.5 Å². The summed E-state index contributed by atoms with van der Waals surface area (Å²) in [6, 6.07) is 0. The molecule has 0 unspecified atom stereocenters. The number of nitrogens with zero attached hydrogens (tertiary/aromatic N) is 1. The van der Waals surface area contributed by atoms with Crippen molar-refractivity contribution in [2.75, 3.05) is 20.1 Å². The van der Waals surface area contributed by atoms with Crippen LogP contribution in [0.2, 0.25) is 0 Å². The summed E-state index contributed by atoms with van der Waals surface area (Å²) in [6.07, 6.45) is 2.07. The Bertz CT molecular complexity index is 238. The highest BCUT2D eigenvalue weighted by atomic mass is 16.3. The number of aliphatic hydroxyl groups is 1. The van der Waals surface area contributed by atoms with Crippen LogP contribution in [0, 0.1) is 11.8 Å². The standard InChI is InChI=1S/C11H19NO/c1-8-4-5-11(13)9(2)6-12(3)7-10(8)11/h8,10,13H,2,4-7H2,1,3H3/t8-,10+,11-/m0/s1. The molecule has 1 saturated heterocycles. The molecule has 0 radical (unpaired) electrons. The Kier molecular flexibility index (Phi) is 2.00. The van der Waals surface area contributed by atoms with E-state index >= 15 is 0 Å². The summed E-state index contributed by atoms with van der Waals surface area (Å²) >= 11 is 0. The Balaban J connectivity index is 2.26. The maximum absolute atomic E-state index is 10.4. The molecular formula is C11H19NO. The third-order valence-corrected chi connectivity index (χ3v) is 3.86. The van der Waals surface area contributed by atoms with Crippen LogP contribution >= 0.6 is 0 Å². The van der Waals surface area contributed by atoms with Crippen molar-refractivity contribution >= 4 is 0 Å². The molecule has 1 N–H and O–H groups in total. The van der Waals surface area contributed by atoms with E-state index < -0.39 is 5.60 Å². The second-order valence-electron chi connectivity index (χ2n) is 4.85. The van der Waals surface area contributed by atoms with E-state index in [2.05, 4.69) is 25.5 Å². The highest BCUT2D eigenvalue weighted by molar-refractivity contribution is 5.23. The van der Waals surface area contributed by atoms with Gasteiger partial charge < -0.3 is 10.0 Å². The number of likely N-dealkylation sites (N-methyl/N-ethyl adjacent to an activating group) is 1. The van der Waals surface area contributed by atoms with Gasteiger partial charge in [0, 0.05) is 19.0 Å². The smallest absolute Gasteiger partial charge is 0.0909 e. The van der Waals surface area contributed by atoms with Crippen LogP contribution in [-0.2, 0) is 0 Å². The van der Waals surface area contributed by atoms with E-state index in [1.54, 1.807) is 0 Å². The van der Waals surface area contributed by atoms with Crippen molar-refractivity contribution in [3.63, 3.8) is 0 Å². The van der Waals surface area contributed by atoms with Crippen LogP contribution in [0.25, 0.3) is 0 Å². The minimum atomic E-state index is -0.536. The SMILES string of the molecule is C=C1CN(C)C[C@@H]2[C@@H](C)CC[C@]12O. The summed E-state index contributed by atoms with van der Waals surface area (Å²) in [5.41, 5.74) is 0.488. The summed E-state index contributed by atoms with van der Waals surface area (Å²) in [7, 11) is 2.11. The zero-order valence-corrected chi connectivity index (χ0v) is 8.58. The quantitative estimate of drug-likeness (QED) is 0.569. The lowest BCUT2D eigenvalue weighted by Crippen LogP contribution is -2.50. The molecular weight excluding hydrogens is 162 g/mol. The van der Waals surface area contributed by atoms with E-state index in [9.17, 15) is 5.11 Å². The molecule has 0 aromatic heterocycles.